The molecule has 0 radical (unpaired) electrons. The van der Waals surface area contributed by atoms with Gasteiger partial charge in [0.1, 0.15) is 17.3 Å². The lowest BCUT2D eigenvalue weighted by Crippen LogP contribution is -2.03. The van der Waals surface area contributed by atoms with Crippen molar-refractivity contribution in [3.05, 3.63) is 52.3 Å². The molecule has 0 aliphatic heterocycles. The Morgan fingerprint density at radius 3 is 2.69 bits per heavy atom. The Labute approximate surface area is 159 Å². The number of halogens is 1. The lowest BCUT2D eigenvalue weighted by atomic mass is 10.1. The van der Waals surface area contributed by atoms with Gasteiger partial charge in [-0.2, -0.15) is 0 Å². The summed E-state index contributed by atoms with van der Waals surface area (Å²) in [7, 11) is 0. The van der Waals surface area contributed by atoms with E-state index >= 15 is 0 Å². The van der Waals surface area contributed by atoms with Gasteiger partial charge in [0.25, 0.3) is 0 Å². The number of imidazole rings is 1. The fourth-order valence-electron chi connectivity index (χ4n) is 3.15. The van der Waals surface area contributed by atoms with Crippen LogP contribution < -0.4 is 4.74 Å². The Morgan fingerprint density at radius 2 is 1.96 bits per heavy atom. The molecule has 1 heterocycles. The summed E-state index contributed by atoms with van der Waals surface area (Å²) >= 11 is 6.49. The largest absolute Gasteiger partial charge is 0.508 e. The van der Waals surface area contributed by atoms with Gasteiger partial charge >= 0.3 is 0 Å². The number of aromatic hydroxyl groups is 1. The molecule has 0 aliphatic carbocycles. The van der Waals surface area contributed by atoms with Crippen LogP contribution in [0.15, 0.2) is 30.3 Å². The lowest BCUT2D eigenvalue weighted by Gasteiger charge is -2.12. The highest BCUT2D eigenvalue weighted by molar-refractivity contribution is 6.31. The number of nitrogens with zero attached hydrogens (tertiary/aromatic N) is 2. The molecule has 0 saturated carbocycles. The van der Waals surface area contributed by atoms with E-state index in [1.54, 1.807) is 12.1 Å². The third kappa shape index (κ3) is 3.96. The molecule has 1 aromatic heterocycles. The van der Waals surface area contributed by atoms with Crippen molar-refractivity contribution in [3.8, 4) is 11.5 Å². The zero-order valence-corrected chi connectivity index (χ0v) is 16.3. The average Bonchev–Trinajstić information content (AvgIpc) is 2.90. The maximum Gasteiger partial charge on any atom is 0.120 e. The van der Waals surface area contributed by atoms with Crippen molar-refractivity contribution in [2.45, 2.75) is 46.6 Å². The minimum atomic E-state index is 0.248. The van der Waals surface area contributed by atoms with Gasteiger partial charge in [0.2, 0.25) is 0 Å². The van der Waals surface area contributed by atoms with Crippen LogP contribution in [0.2, 0.25) is 5.02 Å². The molecule has 26 heavy (non-hydrogen) atoms. The normalized spacial score (nSPS) is 11.2. The van der Waals surface area contributed by atoms with E-state index in [0.29, 0.717) is 18.2 Å². The minimum Gasteiger partial charge on any atom is -0.508 e. The summed E-state index contributed by atoms with van der Waals surface area (Å²) in [5.74, 6) is 1.94. The number of aryl methyl sites for hydroxylation is 2. The molecular formula is C21H25ClN2O2. The molecule has 3 aromatic rings. The van der Waals surface area contributed by atoms with Gasteiger partial charge in [-0.05, 0) is 49.6 Å². The Kier molecular flexibility index (Phi) is 5.72. The van der Waals surface area contributed by atoms with Crippen molar-refractivity contribution >= 4 is 22.6 Å². The second kappa shape index (κ2) is 8.00. The summed E-state index contributed by atoms with van der Waals surface area (Å²) < 4.78 is 7.84. The molecule has 0 fully saturated rings. The van der Waals surface area contributed by atoms with E-state index in [9.17, 15) is 5.11 Å². The number of aromatic nitrogens is 2. The van der Waals surface area contributed by atoms with E-state index in [1.807, 2.05) is 32.0 Å². The number of phenols is 1. The van der Waals surface area contributed by atoms with Gasteiger partial charge in [0.05, 0.1) is 24.2 Å². The van der Waals surface area contributed by atoms with E-state index in [4.69, 9.17) is 16.3 Å². The van der Waals surface area contributed by atoms with Crippen molar-refractivity contribution in [3.63, 3.8) is 0 Å². The number of hydrogen-bond acceptors (Lipinski definition) is 3. The Morgan fingerprint density at radius 1 is 1.15 bits per heavy atom. The van der Waals surface area contributed by atoms with Crippen molar-refractivity contribution in [2.75, 3.05) is 6.61 Å². The van der Waals surface area contributed by atoms with Crippen LogP contribution in [0.3, 0.4) is 0 Å². The predicted octanol–water partition coefficient (Wildman–Crippen LogP) is 5.63. The molecule has 4 nitrogen and oxygen atoms in total. The molecule has 0 saturated heterocycles. The first-order valence-electron chi connectivity index (χ1n) is 9.07. The third-order valence-electron chi connectivity index (χ3n) is 4.59. The van der Waals surface area contributed by atoms with Gasteiger partial charge in [-0.1, -0.05) is 37.4 Å². The number of phenolic OH excluding ortho intramolecular Hbond substituents is 1. The monoisotopic (exact) mass is 372 g/mol. The number of ether oxygens (including phenoxy) is 1. The lowest BCUT2D eigenvalue weighted by molar-refractivity contribution is 0.306. The highest BCUT2D eigenvalue weighted by Crippen LogP contribution is 2.28. The Balaban J connectivity index is 1.83. The fourth-order valence-corrected chi connectivity index (χ4v) is 3.38. The van der Waals surface area contributed by atoms with Crippen LogP contribution in [0.5, 0.6) is 11.5 Å². The average molecular weight is 373 g/mol. The fraction of sp³-hybridized carbons (Fsp3) is 0.381. The standard InChI is InChI=1S/C21H25ClN2O2/c1-4-5-6-9-26-18-8-7-16(19(22)12-18)13-24-15(3)23-21-14(2)10-17(25)11-20(21)24/h7-8,10-12,25H,4-6,9,13H2,1-3H3. The minimum absolute atomic E-state index is 0.248. The van der Waals surface area contributed by atoms with E-state index in [-0.39, 0.29) is 5.75 Å². The number of hydrogen-bond donors (Lipinski definition) is 1. The Hall–Kier alpha value is -2.20. The maximum absolute atomic E-state index is 9.94. The molecule has 3 rings (SSSR count). The van der Waals surface area contributed by atoms with Gasteiger partial charge in [-0.15, -0.1) is 0 Å². The molecule has 0 amide bonds. The molecule has 2 aromatic carbocycles. The summed E-state index contributed by atoms with van der Waals surface area (Å²) in [4.78, 5) is 4.64. The van der Waals surface area contributed by atoms with E-state index in [2.05, 4.69) is 16.5 Å². The number of unbranched alkanes of at least 4 members (excludes halogenated alkanes) is 2. The van der Waals surface area contributed by atoms with Crippen molar-refractivity contribution < 1.29 is 9.84 Å². The first-order valence-corrected chi connectivity index (χ1v) is 9.45. The van der Waals surface area contributed by atoms with Gasteiger partial charge in [0.15, 0.2) is 0 Å². The summed E-state index contributed by atoms with van der Waals surface area (Å²) in [6.07, 6.45) is 3.40. The van der Waals surface area contributed by atoms with Crippen LogP contribution in [0.25, 0.3) is 11.0 Å². The van der Waals surface area contributed by atoms with E-state index < -0.39 is 0 Å². The van der Waals surface area contributed by atoms with Crippen molar-refractivity contribution in [1.29, 1.82) is 0 Å². The Bertz CT molecular complexity index is 918. The number of benzene rings is 2. The molecule has 1 N–H and O–H groups in total. The smallest absolute Gasteiger partial charge is 0.120 e. The second-order valence-electron chi connectivity index (χ2n) is 6.68. The van der Waals surface area contributed by atoms with Crippen LogP contribution in [-0.4, -0.2) is 21.3 Å². The first-order chi connectivity index (χ1) is 12.5. The molecule has 5 heteroatoms. The van der Waals surface area contributed by atoms with Crippen LogP contribution >= 0.6 is 11.6 Å². The quantitative estimate of drug-likeness (QED) is 0.547. The molecule has 0 atom stereocenters. The van der Waals surface area contributed by atoms with Crippen LogP contribution in [0.1, 0.15) is 43.1 Å². The van der Waals surface area contributed by atoms with Gasteiger partial charge in [-0.3, -0.25) is 0 Å². The van der Waals surface area contributed by atoms with E-state index in [1.165, 1.54) is 12.8 Å². The highest BCUT2D eigenvalue weighted by atomic mass is 35.5. The summed E-state index contributed by atoms with van der Waals surface area (Å²) in [5, 5.41) is 10.6. The summed E-state index contributed by atoms with van der Waals surface area (Å²) in [6, 6.07) is 9.32. The first kappa shape index (κ1) is 18.6. The number of rotatable bonds is 7. The van der Waals surface area contributed by atoms with Gasteiger partial charge < -0.3 is 14.4 Å². The highest BCUT2D eigenvalue weighted by Gasteiger charge is 2.13. The molecular weight excluding hydrogens is 348 g/mol. The SMILES string of the molecule is CCCCCOc1ccc(Cn2c(C)nc3c(C)cc(O)cc32)c(Cl)c1. The second-order valence-corrected chi connectivity index (χ2v) is 7.09. The zero-order chi connectivity index (χ0) is 18.7. The molecule has 0 aliphatic rings. The molecule has 0 bridgehead atoms. The zero-order valence-electron chi connectivity index (χ0n) is 15.6. The maximum atomic E-state index is 9.94. The van der Waals surface area contributed by atoms with Gasteiger partial charge in [0, 0.05) is 11.1 Å². The molecule has 0 unspecified atom stereocenters. The topological polar surface area (TPSA) is 47.3 Å². The molecule has 138 valence electrons. The summed E-state index contributed by atoms with van der Waals surface area (Å²) in [6.45, 7) is 7.41. The van der Waals surface area contributed by atoms with E-state index in [0.717, 1.165) is 40.2 Å². The van der Waals surface area contributed by atoms with Crippen molar-refractivity contribution in [2.24, 2.45) is 0 Å². The third-order valence-corrected chi connectivity index (χ3v) is 4.94. The van der Waals surface area contributed by atoms with Crippen LogP contribution in [0, 0.1) is 13.8 Å². The van der Waals surface area contributed by atoms with Gasteiger partial charge in [-0.25, -0.2) is 4.98 Å². The predicted molar refractivity (Wildman–Crippen MR) is 106 cm³/mol. The molecule has 0 spiro atoms. The van der Waals surface area contributed by atoms with Crippen LogP contribution in [0.4, 0.5) is 0 Å². The van der Waals surface area contributed by atoms with Crippen LogP contribution in [-0.2, 0) is 6.54 Å². The number of fused-ring (bicyclic) bond motifs is 1. The van der Waals surface area contributed by atoms with Crippen molar-refractivity contribution in [1.82, 2.24) is 9.55 Å². The summed E-state index contributed by atoms with van der Waals surface area (Å²) in [5.41, 5.74) is 3.78.